The van der Waals surface area contributed by atoms with E-state index >= 15 is 0 Å². The fraction of sp³-hybridized carbons (Fsp3) is 0.600. The monoisotopic (exact) mass is 348 g/mol. The molecule has 8 nitrogen and oxygen atoms in total. The number of aliphatic hydroxyl groups excluding tert-OH is 1. The summed E-state index contributed by atoms with van der Waals surface area (Å²) >= 11 is 1.77. The third kappa shape index (κ3) is 2.62. The number of rotatable bonds is 5. The zero-order valence-corrected chi connectivity index (χ0v) is 14.7. The van der Waals surface area contributed by atoms with Crippen molar-refractivity contribution >= 4 is 33.1 Å². The van der Waals surface area contributed by atoms with E-state index in [4.69, 9.17) is 0 Å². The van der Waals surface area contributed by atoms with E-state index in [0.717, 1.165) is 35.5 Å². The molecule has 24 heavy (non-hydrogen) atoms. The van der Waals surface area contributed by atoms with Crippen LogP contribution in [0.3, 0.4) is 0 Å². The van der Waals surface area contributed by atoms with Gasteiger partial charge in [0.2, 0.25) is 0 Å². The fourth-order valence-corrected chi connectivity index (χ4v) is 4.76. The second-order valence-electron chi connectivity index (χ2n) is 6.44. The smallest absolute Gasteiger partial charge is 0.276 e. The number of hydrogen-bond acceptors (Lipinski definition) is 7. The number of quaternary nitrogens is 1. The molecule has 0 saturated heterocycles. The van der Waals surface area contributed by atoms with Gasteiger partial charge in [0.25, 0.3) is 5.78 Å². The van der Waals surface area contributed by atoms with Crippen LogP contribution >= 0.6 is 11.3 Å². The zero-order valence-electron chi connectivity index (χ0n) is 13.9. The van der Waals surface area contributed by atoms with Crippen LogP contribution in [0.1, 0.15) is 30.7 Å². The summed E-state index contributed by atoms with van der Waals surface area (Å²) in [4.78, 5) is 8.66. The first-order chi connectivity index (χ1) is 11.7. The van der Waals surface area contributed by atoms with E-state index in [9.17, 15) is 5.11 Å². The van der Waals surface area contributed by atoms with Gasteiger partial charge < -0.3 is 15.3 Å². The quantitative estimate of drug-likeness (QED) is 0.595. The maximum Gasteiger partial charge on any atom is 0.276 e. The van der Waals surface area contributed by atoms with Gasteiger partial charge in [-0.05, 0) is 29.3 Å². The number of thiophene rings is 1. The highest BCUT2D eigenvalue weighted by molar-refractivity contribution is 7.19. The Morgan fingerprint density at radius 1 is 1.46 bits per heavy atom. The molecule has 2 atom stereocenters. The van der Waals surface area contributed by atoms with Crippen molar-refractivity contribution in [2.45, 2.75) is 39.3 Å². The molecule has 0 aliphatic carbocycles. The first-order valence-electron chi connectivity index (χ1n) is 8.45. The lowest BCUT2D eigenvalue weighted by Crippen LogP contribution is -3.11. The maximum atomic E-state index is 9.61. The highest BCUT2D eigenvalue weighted by atomic mass is 32.1. The molecule has 128 valence electrons. The largest absolute Gasteiger partial charge is 0.392 e. The number of aromatic nitrogens is 5. The van der Waals surface area contributed by atoms with E-state index in [0.29, 0.717) is 12.3 Å². The molecule has 0 saturated carbocycles. The topological polar surface area (TPSA) is 92.7 Å². The van der Waals surface area contributed by atoms with Gasteiger partial charge >= 0.3 is 0 Å². The van der Waals surface area contributed by atoms with Crippen LogP contribution in [0.25, 0.3) is 16.0 Å². The first kappa shape index (κ1) is 15.7. The molecule has 4 rings (SSSR count). The Hall–Kier alpha value is -1.84. The summed E-state index contributed by atoms with van der Waals surface area (Å²) < 4.78 is 1.73. The van der Waals surface area contributed by atoms with Gasteiger partial charge in [-0.1, -0.05) is 12.0 Å². The second-order valence-corrected chi connectivity index (χ2v) is 7.53. The molecule has 3 aromatic heterocycles. The van der Waals surface area contributed by atoms with Crippen LogP contribution in [0.2, 0.25) is 0 Å². The van der Waals surface area contributed by atoms with E-state index in [1.165, 1.54) is 23.4 Å². The molecule has 3 aromatic rings. The number of aliphatic hydroxyl groups is 1. The van der Waals surface area contributed by atoms with Crippen molar-refractivity contribution < 1.29 is 10.0 Å². The lowest BCUT2D eigenvalue weighted by Gasteiger charge is -2.23. The van der Waals surface area contributed by atoms with Crippen LogP contribution in [-0.2, 0) is 13.0 Å². The molecular weight excluding hydrogens is 326 g/mol. The van der Waals surface area contributed by atoms with Crippen LogP contribution in [0.5, 0.6) is 0 Å². The first-order valence-corrected chi connectivity index (χ1v) is 9.27. The third-order valence-electron chi connectivity index (χ3n) is 4.47. The summed E-state index contributed by atoms with van der Waals surface area (Å²) in [7, 11) is 0. The summed E-state index contributed by atoms with van der Waals surface area (Å²) in [6, 6.07) is 0. The van der Waals surface area contributed by atoms with Gasteiger partial charge in [0.15, 0.2) is 0 Å². The highest BCUT2D eigenvalue weighted by Gasteiger charge is 2.27. The average molecular weight is 348 g/mol. The van der Waals surface area contributed by atoms with Gasteiger partial charge in [-0.3, -0.25) is 0 Å². The highest BCUT2D eigenvalue weighted by Crippen LogP contribution is 2.36. The number of hydrogen-bond donors (Lipinski definition) is 3. The molecule has 1 aliphatic rings. The summed E-state index contributed by atoms with van der Waals surface area (Å²) in [5, 5.41) is 25.9. The lowest BCUT2D eigenvalue weighted by molar-refractivity contribution is -0.915. The Bertz CT molecular complexity index is 872. The van der Waals surface area contributed by atoms with E-state index in [1.54, 1.807) is 27.7 Å². The van der Waals surface area contributed by atoms with E-state index < -0.39 is 6.10 Å². The minimum absolute atomic E-state index is 0.437. The molecule has 3 N–H and O–H groups in total. The zero-order chi connectivity index (χ0) is 16.7. The van der Waals surface area contributed by atoms with Crippen LogP contribution in [0.4, 0.5) is 5.82 Å². The van der Waals surface area contributed by atoms with Crippen molar-refractivity contribution in [3.8, 4) is 0 Å². The number of nitrogens with zero attached hydrogens (tertiary/aromatic N) is 5. The van der Waals surface area contributed by atoms with Crippen LogP contribution < -0.4 is 10.2 Å². The van der Waals surface area contributed by atoms with Gasteiger partial charge in [-0.15, -0.1) is 11.3 Å². The standard InChI is InChI=1S/C15H21N7OS/c1-3-5-21-6-4-10-11(8-21)24-14-12(10)13(16-7-9(2)23)17-15-18-19-20-22(14)15/h9,23H,3-8H2,1-2H3,(H,16,17,18,20)/p+1/t9-/m1/s1. The van der Waals surface area contributed by atoms with Gasteiger partial charge in [-0.25, -0.2) is 0 Å². The van der Waals surface area contributed by atoms with E-state index in [2.05, 4.69) is 32.7 Å². The van der Waals surface area contributed by atoms with Gasteiger partial charge in [0.05, 0.1) is 29.5 Å². The van der Waals surface area contributed by atoms with Crippen molar-refractivity contribution in [3.63, 3.8) is 0 Å². The molecular formula is C15H22N7OS+. The summed E-state index contributed by atoms with van der Waals surface area (Å²) in [5.74, 6) is 1.27. The normalized spacial score (nSPS) is 18.9. The summed E-state index contributed by atoms with van der Waals surface area (Å²) in [6.45, 7) is 7.87. The predicted octanol–water partition coefficient (Wildman–Crippen LogP) is -0.122. The SMILES string of the molecule is CCC[NH+]1CCc2c(sc3c2c(NC[C@@H](C)O)nc2nnnn23)C1. The fourth-order valence-electron chi connectivity index (χ4n) is 3.39. The summed E-state index contributed by atoms with van der Waals surface area (Å²) in [6.07, 6.45) is 1.81. The number of tetrazole rings is 1. The Kier molecular flexibility index (Phi) is 4.07. The molecule has 0 fully saturated rings. The Labute approximate surface area is 143 Å². The Balaban J connectivity index is 1.85. The van der Waals surface area contributed by atoms with Crippen molar-refractivity contribution in [2.24, 2.45) is 0 Å². The molecule has 9 heteroatoms. The molecule has 1 aliphatic heterocycles. The molecule has 1 unspecified atom stereocenters. The third-order valence-corrected chi connectivity index (χ3v) is 5.68. The number of fused-ring (bicyclic) bond motifs is 5. The van der Waals surface area contributed by atoms with Crippen molar-refractivity contribution in [1.82, 2.24) is 25.0 Å². The molecule has 0 radical (unpaired) electrons. The minimum Gasteiger partial charge on any atom is -0.392 e. The number of nitrogens with one attached hydrogen (secondary N) is 2. The van der Waals surface area contributed by atoms with Gasteiger partial charge in [-0.2, -0.15) is 9.50 Å². The maximum absolute atomic E-state index is 9.61. The Morgan fingerprint density at radius 2 is 2.33 bits per heavy atom. The van der Waals surface area contributed by atoms with Crippen LogP contribution in [0, 0.1) is 0 Å². The molecule has 0 aromatic carbocycles. The van der Waals surface area contributed by atoms with E-state index in [1.807, 2.05) is 0 Å². The van der Waals surface area contributed by atoms with Crippen molar-refractivity contribution in [3.05, 3.63) is 10.4 Å². The van der Waals surface area contributed by atoms with Crippen molar-refractivity contribution in [2.75, 3.05) is 25.0 Å². The Morgan fingerprint density at radius 3 is 3.12 bits per heavy atom. The molecule has 4 heterocycles. The predicted molar refractivity (Wildman–Crippen MR) is 92.5 cm³/mol. The minimum atomic E-state index is -0.437. The molecule has 0 amide bonds. The average Bonchev–Trinajstić information content (AvgIpc) is 3.16. The van der Waals surface area contributed by atoms with Crippen LogP contribution in [-0.4, -0.2) is 55.9 Å². The summed E-state index contributed by atoms with van der Waals surface area (Å²) in [5.41, 5.74) is 1.37. The molecule has 0 bridgehead atoms. The van der Waals surface area contributed by atoms with Crippen LogP contribution in [0.15, 0.2) is 0 Å². The number of anilines is 1. The molecule has 0 spiro atoms. The second kappa shape index (κ2) is 6.23. The van der Waals surface area contributed by atoms with Gasteiger partial charge in [0, 0.05) is 13.0 Å². The van der Waals surface area contributed by atoms with E-state index in [-0.39, 0.29) is 0 Å². The van der Waals surface area contributed by atoms with Crippen molar-refractivity contribution in [1.29, 1.82) is 0 Å². The lowest BCUT2D eigenvalue weighted by atomic mass is 10.0. The van der Waals surface area contributed by atoms with Gasteiger partial charge in [0.1, 0.15) is 17.2 Å².